The van der Waals surface area contributed by atoms with Crippen molar-refractivity contribution in [2.75, 3.05) is 7.11 Å². The second-order valence-corrected chi connectivity index (χ2v) is 3.99. The van der Waals surface area contributed by atoms with Crippen LogP contribution >= 0.6 is 0 Å². The molecule has 0 aliphatic heterocycles. The van der Waals surface area contributed by atoms with Crippen LogP contribution in [0.4, 0.5) is 13.2 Å². The smallest absolute Gasteiger partial charge is 0.416 e. The number of hydrogen-bond donors (Lipinski definition) is 1. The molecule has 0 saturated heterocycles. The number of alkyl halides is 3. The van der Waals surface area contributed by atoms with Gasteiger partial charge in [0.05, 0.1) is 12.7 Å². The van der Waals surface area contributed by atoms with E-state index in [1.165, 1.54) is 31.4 Å². The zero-order chi connectivity index (χ0) is 14.0. The molecule has 2 nitrogen and oxygen atoms in total. The molecule has 0 aliphatic rings. The molecule has 0 aliphatic carbocycles. The van der Waals surface area contributed by atoms with E-state index in [4.69, 9.17) is 4.74 Å². The highest BCUT2D eigenvalue weighted by molar-refractivity contribution is 5.67. The minimum atomic E-state index is -4.35. The first-order chi connectivity index (χ1) is 8.90. The highest BCUT2D eigenvalue weighted by Gasteiger charge is 2.29. The summed E-state index contributed by atoms with van der Waals surface area (Å²) in [5, 5.41) is 9.51. The Labute approximate surface area is 108 Å². The van der Waals surface area contributed by atoms with Crippen LogP contribution in [0.2, 0.25) is 0 Å². The summed E-state index contributed by atoms with van der Waals surface area (Å²) in [4.78, 5) is 0. The van der Waals surface area contributed by atoms with Gasteiger partial charge in [-0.1, -0.05) is 12.1 Å². The van der Waals surface area contributed by atoms with E-state index >= 15 is 0 Å². The Kier molecular flexibility index (Phi) is 3.38. The van der Waals surface area contributed by atoms with Crippen LogP contribution in [0.5, 0.6) is 11.5 Å². The number of phenolic OH excluding ortho intramolecular Hbond substituents is 1. The Balaban J connectivity index is 2.40. The van der Waals surface area contributed by atoms with Crippen LogP contribution in [0, 0.1) is 0 Å². The van der Waals surface area contributed by atoms with E-state index in [2.05, 4.69) is 0 Å². The lowest BCUT2D eigenvalue weighted by Crippen LogP contribution is -2.03. The van der Waals surface area contributed by atoms with Crippen molar-refractivity contribution in [2.45, 2.75) is 6.18 Å². The normalized spacial score (nSPS) is 11.4. The van der Waals surface area contributed by atoms with Crippen molar-refractivity contribution in [3.8, 4) is 22.6 Å². The number of phenols is 1. The minimum Gasteiger partial charge on any atom is -0.508 e. The summed E-state index contributed by atoms with van der Waals surface area (Å²) < 4.78 is 42.3. The molecular formula is C14H11F3O2. The second kappa shape index (κ2) is 4.84. The molecule has 0 saturated carbocycles. The monoisotopic (exact) mass is 268 g/mol. The molecule has 0 heterocycles. The predicted octanol–water partition coefficient (Wildman–Crippen LogP) is 4.09. The van der Waals surface area contributed by atoms with Gasteiger partial charge >= 0.3 is 6.18 Å². The largest absolute Gasteiger partial charge is 0.508 e. The molecule has 0 aromatic heterocycles. The number of methoxy groups -OCH3 is 1. The first-order valence-electron chi connectivity index (χ1n) is 5.46. The zero-order valence-electron chi connectivity index (χ0n) is 10.0. The molecule has 2 rings (SSSR count). The van der Waals surface area contributed by atoms with Crippen molar-refractivity contribution in [3.05, 3.63) is 48.0 Å². The number of rotatable bonds is 2. The maximum Gasteiger partial charge on any atom is 0.416 e. The first kappa shape index (κ1) is 13.3. The maximum absolute atomic E-state index is 12.4. The van der Waals surface area contributed by atoms with E-state index < -0.39 is 11.7 Å². The molecular weight excluding hydrogens is 257 g/mol. The number of halogens is 3. The summed E-state index contributed by atoms with van der Waals surface area (Å²) in [6.45, 7) is 0. The molecule has 5 heteroatoms. The number of benzene rings is 2. The van der Waals surface area contributed by atoms with E-state index in [9.17, 15) is 18.3 Å². The van der Waals surface area contributed by atoms with Gasteiger partial charge in [0, 0.05) is 6.07 Å². The molecule has 100 valence electrons. The predicted molar refractivity (Wildman–Crippen MR) is 65.1 cm³/mol. The van der Waals surface area contributed by atoms with Crippen LogP contribution in [0.1, 0.15) is 5.56 Å². The number of ether oxygens (including phenoxy) is 1. The Morgan fingerprint density at radius 3 is 2.11 bits per heavy atom. The van der Waals surface area contributed by atoms with E-state index in [-0.39, 0.29) is 5.75 Å². The van der Waals surface area contributed by atoms with Gasteiger partial charge in [-0.2, -0.15) is 13.2 Å². The van der Waals surface area contributed by atoms with Gasteiger partial charge in [0.2, 0.25) is 0 Å². The molecule has 0 radical (unpaired) electrons. The molecule has 0 atom stereocenters. The summed E-state index contributed by atoms with van der Waals surface area (Å²) in [6, 6.07) is 9.26. The van der Waals surface area contributed by atoms with Crippen LogP contribution < -0.4 is 4.74 Å². The zero-order valence-corrected chi connectivity index (χ0v) is 10.0. The quantitative estimate of drug-likeness (QED) is 0.889. The summed E-state index contributed by atoms with van der Waals surface area (Å²) in [7, 11) is 1.45. The fraction of sp³-hybridized carbons (Fsp3) is 0.143. The molecule has 0 fully saturated rings. The van der Waals surface area contributed by atoms with Crippen molar-refractivity contribution >= 4 is 0 Å². The van der Waals surface area contributed by atoms with Gasteiger partial charge in [-0.3, -0.25) is 0 Å². The van der Waals surface area contributed by atoms with Gasteiger partial charge in [0.25, 0.3) is 0 Å². The van der Waals surface area contributed by atoms with Crippen LogP contribution in [0.25, 0.3) is 11.1 Å². The van der Waals surface area contributed by atoms with Crippen LogP contribution in [-0.2, 0) is 6.18 Å². The van der Waals surface area contributed by atoms with E-state index in [1.54, 1.807) is 6.07 Å². The highest BCUT2D eigenvalue weighted by Crippen LogP contribution is 2.33. The van der Waals surface area contributed by atoms with Gasteiger partial charge < -0.3 is 9.84 Å². The standard InChI is InChI=1S/C14H11F3O2/c1-19-13-7-10(6-12(18)8-13)9-2-4-11(5-3-9)14(15,16)17/h2-8,18H,1H3. The third-order valence-electron chi connectivity index (χ3n) is 2.67. The van der Waals surface area contributed by atoms with Gasteiger partial charge in [-0.05, 0) is 35.4 Å². The van der Waals surface area contributed by atoms with Crippen LogP contribution in [0.3, 0.4) is 0 Å². The molecule has 0 spiro atoms. The SMILES string of the molecule is COc1cc(O)cc(-c2ccc(C(F)(F)F)cc2)c1. The molecule has 0 unspecified atom stereocenters. The Morgan fingerprint density at radius 1 is 0.947 bits per heavy atom. The average Bonchev–Trinajstić information content (AvgIpc) is 2.37. The Hall–Kier alpha value is -2.17. The fourth-order valence-corrected chi connectivity index (χ4v) is 1.72. The van der Waals surface area contributed by atoms with Crippen LogP contribution in [0.15, 0.2) is 42.5 Å². The summed E-state index contributed by atoms with van der Waals surface area (Å²) in [6.07, 6.45) is -4.35. The van der Waals surface area contributed by atoms with Crippen molar-refractivity contribution in [3.63, 3.8) is 0 Å². The Morgan fingerprint density at radius 2 is 1.58 bits per heavy atom. The van der Waals surface area contributed by atoms with Crippen LogP contribution in [-0.4, -0.2) is 12.2 Å². The fourth-order valence-electron chi connectivity index (χ4n) is 1.72. The maximum atomic E-state index is 12.4. The van der Waals surface area contributed by atoms with Gasteiger partial charge in [0.1, 0.15) is 11.5 Å². The minimum absolute atomic E-state index is 0.00533. The lowest BCUT2D eigenvalue weighted by atomic mass is 10.0. The topological polar surface area (TPSA) is 29.5 Å². The number of aromatic hydroxyl groups is 1. The molecule has 1 N–H and O–H groups in total. The molecule has 0 bridgehead atoms. The van der Waals surface area contributed by atoms with Gasteiger partial charge in [-0.15, -0.1) is 0 Å². The summed E-state index contributed by atoms with van der Waals surface area (Å²) in [5.74, 6) is 0.434. The lowest BCUT2D eigenvalue weighted by Gasteiger charge is -2.09. The van der Waals surface area contributed by atoms with Gasteiger partial charge in [0.15, 0.2) is 0 Å². The average molecular weight is 268 g/mol. The Bertz CT molecular complexity index is 574. The molecule has 2 aromatic rings. The highest BCUT2D eigenvalue weighted by atomic mass is 19.4. The van der Waals surface area contributed by atoms with E-state index in [0.29, 0.717) is 16.9 Å². The van der Waals surface area contributed by atoms with Crippen molar-refractivity contribution in [1.82, 2.24) is 0 Å². The van der Waals surface area contributed by atoms with E-state index in [1.807, 2.05) is 0 Å². The van der Waals surface area contributed by atoms with E-state index in [0.717, 1.165) is 12.1 Å². The van der Waals surface area contributed by atoms with Crippen molar-refractivity contribution < 1.29 is 23.0 Å². The third-order valence-corrected chi connectivity index (χ3v) is 2.67. The lowest BCUT2D eigenvalue weighted by molar-refractivity contribution is -0.137. The van der Waals surface area contributed by atoms with Crippen molar-refractivity contribution in [2.24, 2.45) is 0 Å². The summed E-state index contributed by atoms with van der Waals surface area (Å²) >= 11 is 0. The second-order valence-electron chi connectivity index (χ2n) is 3.99. The first-order valence-corrected chi connectivity index (χ1v) is 5.46. The molecule has 0 amide bonds. The summed E-state index contributed by atoms with van der Waals surface area (Å²) in [5.41, 5.74) is 0.455. The van der Waals surface area contributed by atoms with Crippen molar-refractivity contribution in [1.29, 1.82) is 0 Å². The van der Waals surface area contributed by atoms with Gasteiger partial charge in [-0.25, -0.2) is 0 Å². The molecule has 2 aromatic carbocycles. The third kappa shape index (κ3) is 2.99. The molecule has 19 heavy (non-hydrogen) atoms. The number of hydrogen-bond acceptors (Lipinski definition) is 2.